The Morgan fingerprint density at radius 3 is 2.35 bits per heavy atom. The largest absolute Gasteiger partial charge is 0.385 e. The van der Waals surface area contributed by atoms with Crippen LogP contribution in [0.2, 0.25) is 0 Å². The third-order valence-electron chi connectivity index (χ3n) is 2.39. The van der Waals surface area contributed by atoms with Crippen LogP contribution < -0.4 is 5.32 Å². The third kappa shape index (κ3) is 4.75. The van der Waals surface area contributed by atoms with Crippen molar-refractivity contribution in [3.8, 4) is 0 Å². The van der Waals surface area contributed by atoms with E-state index in [0.29, 0.717) is 17.4 Å². The summed E-state index contributed by atoms with van der Waals surface area (Å²) in [5.41, 5.74) is 0.917. The average Bonchev–Trinajstić information content (AvgIpc) is 2.26. The van der Waals surface area contributed by atoms with Crippen LogP contribution in [-0.4, -0.2) is 34.9 Å². The molecule has 0 saturated carbocycles. The van der Waals surface area contributed by atoms with Gasteiger partial charge >= 0.3 is 0 Å². The second-order valence-corrected chi connectivity index (χ2v) is 6.25. The van der Waals surface area contributed by atoms with Crippen LogP contribution in [0, 0.1) is 5.92 Å². The second-order valence-electron chi connectivity index (χ2n) is 4.24. The van der Waals surface area contributed by atoms with Crippen LogP contribution >= 0.6 is 0 Å². The fraction of sp³-hybridized carbons (Fsp3) is 0.500. The number of nitrogens with one attached hydrogen (secondary N) is 1. The molecule has 96 valence electrons. The van der Waals surface area contributed by atoms with Gasteiger partial charge in [0.25, 0.3) is 0 Å². The molecule has 0 fully saturated rings. The van der Waals surface area contributed by atoms with Crippen LogP contribution in [0.4, 0.5) is 5.69 Å². The van der Waals surface area contributed by atoms with E-state index < -0.39 is 9.84 Å². The van der Waals surface area contributed by atoms with E-state index in [2.05, 4.69) is 12.2 Å². The topological polar surface area (TPSA) is 55.4 Å². The molecule has 0 aliphatic heterocycles. The van der Waals surface area contributed by atoms with E-state index in [1.165, 1.54) is 6.26 Å². The Labute approximate surface area is 103 Å². The molecule has 0 heterocycles. The van der Waals surface area contributed by atoms with Gasteiger partial charge in [-0.25, -0.2) is 8.42 Å². The number of sulfone groups is 1. The minimum Gasteiger partial charge on any atom is -0.385 e. The summed E-state index contributed by atoms with van der Waals surface area (Å²) >= 11 is 0. The molecular formula is C12H19NO3S. The Bertz CT molecular complexity index is 439. The van der Waals surface area contributed by atoms with Gasteiger partial charge in [-0.2, -0.15) is 0 Å². The predicted molar refractivity (Wildman–Crippen MR) is 69.1 cm³/mol. The first kappa shape index (κ1) is 14.0. The molecule has 1 atom stereocenters. The minimum absolute atomic E-state index is 0.341. The summed E-state index contributed by atoms with van der Waals surface area (Å²) in [5.74, 6) is 0.412. The maximum absolute atomic E-state index is 11.3. The Hall–Kier alpha value is -1.07. The van der Waals surface area contributed by atoms with Gasteiger partial charge in [0.15, 0.2) is 9.84 Å². The van der Waals surface area contributed by atoms with Crippen LogP contribution in [-0.2, 0) is 14.6 Å². The van der Waals surface area contributed by atoms with E-state index in [1.807, 2.05) is 0 Å². The van der Waals surface area contributed by atoms with E-state index in [1.54, 1.807) is 31.4 Å². The van der Waals surface area contributed by atoms with E-state index in [4.69, 9.17) is 4.74 Å². The van der Waals surface area contributed by atoms with E-state index >= 15 is 0 Å². The van der Waals surface area contributed by atoms with Gasteiger partial charge in [0.05, 0.1) is 11.5 Å². The van der Waals surface area contributed by atoms with Crippen molar-refractivity contribution >= 4 is 15.5 Å². The molecule has 1 unspecified atom stereocenters. The van der Waals surface area contributed by atoms with Gasteiger partial charge in [-0.3, -0.25) is 0 Å². The molecule has 0 bridgehead atoms. The monoisotopic (exact) mass is 257 g/mol. The smallest absolute Gasteiger partial charge is 0.175 e. The average molecular weight is 257 g/mol. The first-order valence-electron chi connectivity index (χ1n) is 5.46. The Morgan fingerprint density at radius 1 is 1.29 bits per heavy atom. The van der Waals surface area contributed by atoms with E-state index in [-0.39, 0.29) is 0 Å². The number of rotatable bonds is 6. The van der Waals surface area contributed by atoms with Crippen LogP contribution in [0.15, 0.2) is 29.2 Å². The third-order valence-corrected chi connectivity index (χ3v) is 3.52. The molecule has 1 aromatic rings. The maximum atomic E-state index is 11.3. The van der Waals surface area contributed by atoms with Crippen molar-refractivity contribution in [2.75, 3.05) is 31.8 Å². The summed E-state index contributed by atoms with van der Waals surface area (Å²) in [6.45, 7) is 3.59. The molecule has 0 amide bonds. The number of hydrogen-bond acceptors (Lipinski definition) is 4. The molecule has 1 aromatic carbocycles. The Balaban J connectivity index is 2.57. The molecule has 17 heavy (non-hydrogen) atoms. The number of methoxy groups -OCH3 is 1. The number of benzene rings is 1. The number of hydrogen-bond donors (Lipinski definition) is 1. The minimum atomic E-state index is -3.11. The van der Waals surface area contributed by atoms with Crippen molar-refractivity contribution in [1.29, 1.82) is 0 Å². The van der Waals surface area contributed by atoms with Gasteiger partial charge in [0.2, 0.25) is 0 Å². The standard InChI is InChI=1S/C12H19NO3S/c1-10(9-16-2)8-13-11-4-6-12(7-5-11)17(3,14)15/h4-7,10,13H,8-9H2,1-3H3. The molecule has 0 aliphatic rings. The van der Waals surface area contributed by atoms with Crippen molar-refractivity contribution in [1.82, 2.24) is 0 Å². The zero-order valence-electron chi connectivity index (χ0n) is 10.4. The van der Waals surface area contributed by atoms with Crippen molar-refractivity contribution in [2.24, 2.45) is 5.92 Å². The van der Waals surface area contributed by atoms with Crippen molar-refractivity contribution < 1.29 is 13.2 Å². The number of ether oxygens (including phenoxy) is 1. The summed E-state index contributed by atoms with van der Waals surface area (Å²) in [6.07, 6.45) is 1.20. The SMILES string of the molecule is COCC(C)CNc1ccc(S(C)(=O)=O)cc1. The molecular weight excluding hydrogens is 238 g/mol. The lowest BCUT2D eigenvalue weighted by molar-refractivity contribution is 0.164. The van der Waals surface area contributed by atoms with Crippen LogP contribution in [0.1, 0.15) is 6.92 Å². The molecule has 0 saturated heterocycles. The molecule has 0 spiro atoms. The van der Waals surface area contributed by atoms with Crippen LogP contribution in [0.3, 0.4) is 0 Å². The summed E-state index contributed by atoms with van der Waals surface area (Å²) in [4.78, 5) is 0.341. The van der Waals surface area contributed by atoms with Gasteiger partial charge in [0.1, 0.15) is 0 Å². The molecule has 0 aliphatic carbocycles. The highest BCUT2D eigenvalue weighted by Crippen LogP contribution is 2.14. The maximum Gasteiger partial charge on any atom is 0.175 e. The fourth-order valence-electron chi connectivity index (χ4n) is 1.46. The predicted octanol–water partition coefficient (Wildman–Crippen LogP) is 1.78. The van der Waals surface area contributed by atoms with E-state index in [9.17, 15) is 8.42 Å². The molecule has 0 radical (unpaired) electrons. The fourth-order valence-corrected chi connectivity index (χ4v) is 2.09. The normalized spacial score (nSPS) is 13.4. The zero-order valence-corrected chi connectivity index (χ0v) is 11.3. The highest BCUT2D eigenvalue weighted by molar-refractivity contribution is 7.90. The summed E-state index contributed by atoms with van der Waals surface area (Å²) in [7, 11) is -1.43. The van der Waals surface area contributed by atoms with Crippen LogP contribution in [0.5, 0.6) is 0 Å². The summed E-state index contributed by atoms with van der Waals surface area (Å²) < 4.78 is 27.6. The molecule has 1 rings (SSSR count). The first-order chi connectivity index (χ1) is 7.93. The first-order valence-corrected chi connectivity index (χ1v) is 7.35. The second kappa shape index (κ2) is 6.02. The van der Waals surface area contributed by atoms with Crippen molar-refractivity contribution in [2.45, 2.75) is 11.8 Å². The van der Waals surface area contributed by atoms with Gasteiger partial charge in [0, 0.05) is 25.6 Å². The molecule has 5 heteroatoms. The lowest BCUT2D eigenvalue weighted by Gasteiger charge is -2.12. The lowest BCUT2D eigenvalue weighted by atomic mass is 10.2. The number of anilines is 1. The molecule has 4 nitrogen and oxygen atoms in total. The Kier molecular flexibility index (Phi) is 4.96. The van der Waals surface area contributed by atoms with Gasteiger partial charge in [-0.1, -0.05) is 6.92 Å². The quantitative estimate of drug-likeness (QED) is 0.844. The van der Waals surface area contributed by atoms with Crippen molar-refractivity contribution in [3.05, 3.63) is 24.3 Å². The zero-order chi connectivity index (χ0) is 12.9. The molecule has 0 aromatic heterocycles. The van der Waals surface area contributed by atoms with Crippen LogP contribution in [0.25, 0.3) is 0 Å². The molecule has 1 N–H and O–H groups in total. The summed E-state index contributed by atoms with van der Waals surface area (Å²) in [5, 5.41) is 3.23. The summed E-state index contributed by atoms with van der Waals surface area (Å²) in [6, 6.07) is 6.77. The highest BCUT2D eigenvalue weighted by atomic mass is 32.2. The van der Waals surface area contributed by atoms with Crippen molar-refractivity contribution in [3.63, 3.8) is 0 Å². The van der Waals surface area contributed by atoms with Gasteiger partial charge in [-0.05, 0) is 30.2 Å². The van der Waals surface area contributed by atoms with E-state index in [0.717, 1.165) is 12.2 Å². The Morgan fingerprint density at radius 2 is 1.88 bits per heavy atom. The highest BCUT2D eigenvalue weighted by Gasteiger charge is 2.06. The van der Waals surface area contributed by atoms with Gasteiger partial charge < -0.3 is 10.1 Å². The lowest BCUT2D eigenvalue weighted by Crippen LogP contribution is -2.15. The van der Waals surface area contributed by atoms with Gasteiger partial charge in [-0.15, -0.1) is 0 Å².